The van der Waals surface area contributed by atoms with Gasteiger partial charge < -0.3 is 9.47 Å². The molecule has 0 fully saturated rings. The molecule has 33 heavy (non-hydrogen) atoms. The minimum atomic E-state index is -5.13. The quantitative estimate of drug-likeness (QED) is 0.249. The average Bonchev–Trinajstić information content (AvgIpc) is 2.95. The maximum Gasteiger partial charge on any atom is 0.491 e. The molecule has 0 radical (unpaired) electrons. The first kappa shape index (κ1) is 26.2. The molecular weight excluding hydrogens is 435 g/mol. The molecule has 0 aliphatic rings. The lowest BCUT2D eigenvalue weighted by molar-refractivity contribution is -0.216. The van der Waals surface area contributed by atoms with E-state index in [0.717, 1.165) is 22.4 Å². The van der Waals surface area contributed by atoms with Crippen LogP contribution < -0.4 is 0 Å². The van der Waals surface area contributed by atoms with Crippen molar-refractivity contribution in [2.45, 2.75) is 59.4 Å². The van der Waals surface area contributed by atoms with Crippen molar-refractivity contribution in [3.05, 3.63) is 52.3 Å². The number of carbonyl (C=O) groups excluding carboxylic acids is 1. The van der Waals surface area contributed by atoms with Gasteiger partial charge in [-0.3, -0.25) is 9.67 Å². The van der Waals surface area contributed by atoms with Crippen LogP contribution >= 0.6 is 0 Å². The van der Waals surface area contributed by atoms with E-state index in [1.165, 1.54) is 6.92 Å². The number of alkyl halides is 3. The van der Waals surface area contributed by atoms with E-state index in [1.807, 2.05) is 38.1 Å². The zero-order valence-electron chi connectivity index (χ0n) is 20.2. The molecule has 1 atom stereocenters. The molecule has 0 N–H and O–H groups in total. The number of halogens is 3. The molecule has 0 aliphatic heterocycles. The van der Waals surface area contributed by atoms with Gasteiger partial charge in [-0.1, -0.05) is 45.0 Å². The molecule has 0 aliphatic carbocycles. The van der Waals surface area contributed by atoms with Crippen LogP contribution in [0.25, 0.3) is 11.3 Å². The smallest absolute Gasteiger partial charge is 0.452 e. The summed E-state index contributed by atoms with van der Waals surface area (Å²) in [7, 11) is 3.28. The molecule has 0 bridgehead atoms. The summed E-state index contributed by atoms with van der Waals surface area (Å²) < 4.78 is 50.0. The van der Waals surface area contributed by atoms with Crippen molar-refractivity contribution < 1.29 is 27.4 Å². The van der Waals surface area contributed by atoms with Gasteiger partial charge in [0.2, 0.25) is 6.29 Å². The van der Waals surface area contributed by atoms with Crippen molar-refractivity contribution in [3.8, 4) is 0 Å². The van der Waals surface area contributed by atoms with Crippen LogP contribution in [0.2, 0.25) is 0 Å². The lowest BCUT2D eigenvalue weighted by atomic mass is 9.86. The fourth-order valence-corrected chi connectivity index (χ4v) is 3.28. The fourth-order valence-electron chi connectivity index (χ4n) is 3.28. The number of benzene rings is 1. The van der Waals surface area contributed by atoms with Gasteiger partial charge in [-0.05, 0) is 30.4 Å². The summed E-state index contributed by atoms with van der Waals surface area (Å²) in [6, 6.07) is 7.74. The molecule has 1 aromatic heterocycles. The number of rotatable bonds is 6. The highest BCUT2D eigenvalue weighted by Gasteiger charge is 2.42. The number of nitrogens with zero attached hydrogens (tertiary/aromatic N) is 3. The summed E-state index contributed by atoms with van der Waals surface area (Å²) in [5, 5.41) is 4.39. The number of hydrogen-bond donors (Lipinski definition) is 0. The summed E-state index contributed by atoms with van der Waals surface area (Å²) in [5.41, 5.74) is 4.34. The molecule has 0 saturated carbocycles. The topological polar surface area (TPSA) is 65.7 Å². The number of esters is 1. The Morgan fingerprint density at radius 3 is 2.12 bits per heavy atom. The number of aliphatic imine (C=N–C) groups is 1. The minimum absolute atomic E-state index is 0.0589. The van der Waals surface area contributed by atoms with Crippen LogP contribution in [-0.4, -0.2) is 41.5 Å². The molecule has 0 spiro atoms. The summed E-state index contributed by atoms with van der Waals surface area (Å²) >= 11 is 0. The highest BCUT2D eigenvalue weighted by molar-refractivity contribution is 6.18. The predicted octanol–water partition coefficient (Wildman–Crippen LogP) is 5.37. The van der Waals surface area contributed by atoms with Gasteiger partial charge in [0.1, 0.15) is 5.69 Å². The second kappa shape index (κ2) is 9.80. The molecule has 1 aromatic carbocycles. The van der Waals surface area contributed by atoms with E-state index in [-0.39, 0.29) is 11.2 Å². The molecule has 6 nitrogen and oxygen atoms in total. The van der Waals surface area contributed by atoms with Gasteiger partial charge in [0, 0.05) is 38.4 Å². The molecule has 9 heteroatoms. The van der Waals surface area contributed by atoms with Gasteiger partial charge in [0.25, 0.3) is 0 Å². The number of aromatic nitrogens is 2. The van der Waals surface area contributed by atoms with Crippen LogP contribution in [0.5, 0.6) is 0 Å². The summed E-state index contributed by atoms with van der Waals surface area (Å²) in [6.07, 6.45) is -5.09. The molecule has 0 saturated heterocycles. The maximum atomic E-state index is 12.7. The van der Waals surface area contributed by atoms with E-state index < -0.39 is 18.4 Å². The van der Waals surface area contributed by atoms with Gasteiger partial charge in [0.05, 0.1) is 5.69 Å². The minimum Gasteiger partial charge on any atom is -0.452 e. The van der Waals surface area contributed by atoms with E-state index in [2.05, 4.69) is 35.6 Å². The maximum absolute atomic E-state index is 12.7. The number of aryl methyl sites for hydroxylation is 2. The average molecular weight is 466 g/mol. The third kappa shape index (κ3) is 6.24. The Morgan fingerprint density at radius 2 is 1.70 bits per heavy atom. The number of carbonyl (C=O) groups is 1. The van der Waals surface area contributed by atoms with Gasteiger partial charge >= 0.3 is 12.1 Å². The van der Waals surface area contributed by atoms with E-state index in [1.54, 1.807) is 25.0 Å². The molecule has 2 rings (SSSR count). The lowest BCUT2D eigenvalue weighted by Gasteiger charge is -2.22. The highest BCUT2D eigenvalue weighted by Crippen LogP contribution is 2.32. The Labute approximate surface area is 192 Å². The first-order valence-corrected chi connectivity index (χ1v) is 10.4. The Hall–Kier alpha value is -3.10. The summed E-state index contributed by atoms with van der Waals surface area (Å²) in [5.74, 6) is -2.13. The lowest BCUT2D eigenvalue weighted by Crippen LogP contribution is -2.30. The van der Waals surface area contributed by atoms with E-state index in [0.29, 0.717) is 11.3 Å². The molecule has 1 unspecified atom stereocenters. The molecule has 180 valence electrons. The Morgan fingerprint density at radius 1 is 1.12 bits per heavy atom. The largest absolute Gasteiger partial charge is 0.491 e. The van der Waals surface area contributed by atoms with Gasteiger partial charge in [-0.15, -0.1) is 0 Å². The molecule has 2 aromatic rings. The number of ether oxygens (including phenoxy) is 2. The van der Waals surface area contributed by atoms with E-state index >= 15 is 0 Å². The highest BCUT2D eigenvalue weighted by atomic mass is 19.4. The van der Waals surface area contributed by atoms with E-state index in [4.69, 9.17) is 4.74 Å². The van der Waals surface area contributed by atoms with Crippen molar-refractivity contribution in [3.63, 3.8) is 0 Å². The predicted molar refractivity (Wildman–Crippen MR) is 122 cm³/mol. The molecular formula is C24H30F3N3O3. The van der Waals surface area contributed by atoms with Crippen molar-refractivity contribution in [1.82, 2.24) is 9.78 Å². The standard InChI is InChI=1S/C24H30F3N3O3/c1-14-15(2)29-30(8)20(14)21(32-16(3)33-22(31)24(25,26)27)19(13-28-7)17-9-11-18(12-10-17)23(4,5)6/h9-13,16H,1-8H3/b21-19-,28-13-. The second-order valence-corrected chi connectivity index (χ2v) is 8.73. The summed E-state index contributed by atoms with van der Waals surface area (Å²) in [4.78, 5) is 15.5. The third-order valence-electron chi connectivity index (χ3n) is 5.09. The Balaban J connectivity index is 2.67. The molecule has 1 heterocycles. The van der Waals surface area contributed by atoms with Crippen LogP contribution in [0.3, 0.4) is 0 Å². The zero-order chi connectivity index (χ0) is 25.1. The summed E-state index contributed by atoms with van der Waals surface area (Å²) in [6.45, 7) is 11.2. The van der Waals surface area contributed by atoms with Gasteiger partial charge in [0.15, 0.2) is 5.76 Å². The first-order valence-electron chi connectivity index (χ1n) is 10.4. The normalized spacial score (nSPS) is 14.3. The third-order valence-corrected chi connectivity index (χ3v) is 5.09. The van der Waals surface area contributed by atoms with Gasteiger partial charge in [-0.2, -0.15) is 18.3 Å². The van der Waals surface area contributed by atoms with E-state index in [9.17, 15) is 18.0 Å². The first-order chi connectivity index (χ1) is 15.2. The van der Waals surface area contributed by atoms with Gasteiger partial charge in [-0.25, -0.2) is 4.79 Å². The molecule has 0 amide bonds. The fraction of sp³-hybridized carbons (Fsp3) is 0.458. The SMILES string of the molecule is C/N=C\C(=C(\OC(C)OC(=O)C(F)(F)F)c1c(C)c(C)nn1C)c1ccc(C(C)(C)C)cc1. The van der Waals surface area contributed by atoms with Crippen molar-refractivity contribution in [2.75, 3.05) is 7.05 Å². The van der Waals surface area contributed by atoms with Crippen LogP contribution in [0, 0.1) is 13.8 Å². The van der Waals surface area contributed by atoms with Crippen molar-refractivity contribution >= 4 is 23.5 Å². The van der Waals surface area contributed by atoms with Crippen LogP contribution in [-0.2, 0) is 26.7 Å². The second-order valence-electron chi connectivity index (χ2n) is 8.73. The van der Waals surface area contributed by atoms with Crippen LogP contribution in [0.4, 0.5) is 13.2 Å². The number of hydrogen-bond acceptors (Lipinski definition) is 5. The van der Waals surface area contributed by atoms with Crippen LogP contribution in [0.15, 0.2) is 29.3 Å². The zero-order valence-corrected chi connectivity index (χ0v) is 20.2. The van der Waals surface area contributed by atoms with Crippen molar-refractivity contribution in [1.29, 1.82) is 0 Å². The Kier molecular flexibility index (Phi) is 7.77. The van der Waals surface area contributed by atoms with Crippen LogP contribution in [0.1, 0.15) is 55.8 Å². The Bertz CT molecular complexity index is 1060. The van der Waals surface area contributed by atoms with Crippen molar-refractivity contribution in [2.24, 2.45) is 12.0 Å². The number of allylic oxidation sites excluding steroid dienone is 1. The monoisotopic (exact) mass is 465 g/mol.